The summed E-state index contributed by atoms with van der Waals surface area (Å²) in [4.78, 5) is 22.3. The zero-order valence-electron chi connectivity index (χ0n) is 21.7. The molecule has 4 aromatic heterocycles. The molecule has 1 amide bonds. The average Bonchev–Trinajstić information content (AvgIpc) is 3.50. The van der Waals surface area contributed by atoms with Crippen LogP contribution in [-0.2, 0) is 6.54 Å². The Morgan fingerprint density at radius 2 is 2.03 bits per heavy atom. The van der Waals surface area contributed by atoms with E-state index >= 15 is 0 Å². The zero-order chi connectivity index (χ0) is 26.4. The fraction of sp³-hybridized carbons (Fsp3) is 0.481. The molecule has 1 saturated carbocycles. The van der Waals surface area contributed by atoms with E-state index in [1.165, 1.54) is 23.3 Å². The normalized spacial score (nSPS) is 19.9. The molecule has 0 bridgehead atoms. The van der Waals surface area contributed by atoms with Crippen molar-refractivity contribution in [1.29, 1.82) is 0 Å². The van der Waals surface area contributed by atoms with Crippen molar-refractivity contribution in [2.24, 2.45) is 5.92 Å². The first-order chi connectivity index (χ1) is 18.4. The van der Waals surface area contributed by atoms with Crippen molar-refractivity contribution in [3.8, 4) is 0 Å². The molecule has 200 valence electrons. The highest BCUT2D eigenvalue weighted by molar-refractivity contribution is 5.65. The second-order valence-electron chi connectivity index (χ2n) is 10.8. The summed E-state index contributed by atoms with van der Waals surface area (Å²) in [5.74, 6) is 2.30. The number of hydrogen-bond acceptors (Lipinski definition) is 7. The van der Waals surface area contributed by atoms with Crippen molar-refractivity contribution < 1.29 is 15.0 Å². The van der Waals surface area contributed by atoms with E-state index in [1.807, 2.05) is 23.0 Å². The predicted octanol–water partition coefficient (Wildman–Crippen LogP) is 3.76. The van der Waals surface area contributed by atoms with Gasteiger partial charge in [0.25, 0.3) is 0 Å². The average molecular weight is 519 g/mol. The molecule has 11 heteroatoms. The Kier molecular flexibility index (Phi) is 6.30. The monoisotopic (exact) mass is 518 g/mol. The molecule has 1 aliphatic heterocycles. The van der Waals surface area contributed by atoms with Gasteiger partial charge in [0.05, 0.1) is 31.1 Å². The number of imidazole rings is 1. The fourth-order valence-corrected chi connectivity index (χ4v) is 5.30. The summed E-state index contributed by atoms with van der Waals surface area (Å²) in [5, 5.41) is 31.2. The summed E-state index contributed by atoms with van der Waals surface area (Å²) in [6.07, 6.45) is 7.33. The SMILES string of the molecule is CC(C)c1cnn2c(NCc3cn4cccc(C5CC5)c4n3)cc(NC[C@H]3CCN(C(=O)O)C[C@@H]3O)nc12. The molecule has 1 saturated heterocycles. The van der Waals surface area contributed by atoms with Gasteiger partial charge in [-0.1, -0.05) is 19.9 Å². The third-order valence-corrected chi connectivity index (χ3v) is 7.69. The van der Waals surface area contributed by atoms with Crippen molar-refractivity contribution in [3.05, 3.63) is 53.6 Å². The smallest absolute Gasteiger partial charge is 0.407 e. The molecule has 0 spiro atoms. The number of hydrogen-bond donors (Lipinski definition) is 4. The molecule has 6 rings (SSSR count). The number of piperidine rings is 1. The number of nitrogens with zero attached hydrogens (tertiary/aromatic N) is 6. The highest BCUT2D eigenvalue weighted by Gasteiger charge is 2.30. The van der Waals surface area contributed by atoms with Gasteiger partial charge in [-0.05, 0) is 42.7 Å². The van der Waals surface area contributed by atoms with E-state index in [0.717, 1.165) is 28.4 Å². The maximum Gasteiger partial charge on any atom is 0.407 e. The van der Waals surface area contributed by atoms with Crippen LogP contribution in [0.3, 0.4) is 0 Å². The number of amides is 1. The van der Waals surface area contributed by atoms with Crippen LogP contribution in [0, 0.1) is 5.92 Å². The second-order valence-corrected chi connectivity index (χ2v) is 10.8. The molecule has 0 radical (unpaired) electrons. The number of β-amino-alcohol motifs (C(OH)–C–C–N with tert-alkyl or cyclic N) is 1. The number of likely N-dealkylation sites (tertiary alicyclic amines) is 1. The predicted molar refractivity (Wildman–Crippen MR) is 144 cm³/mol. The molecule has 11 nitrogen and oxygen atoms in total. The van der Waals surface area contributed by atoms with E-state index in [9.17, 15) is 15.0 Å². The van der Waals surface area contributed by atoms with Crippen LogP contribution in [0.1, 0.15) is 61.8 Å². The minimum absolute atomic E-state index is 0.0619. The number of aliphatic hydroxyl groups excluding tert-OH is 1. The molecular weight excluding hydrogens is 484 g/mol. The van der Waals surface area contributed by atoms with Gasteiger partial charge in [0.1, 0.15) is 17.3 Å². The first-order valence-corrected chi connectivity index (χ1v) is 13.4. The molecule has 4 aromatic rings. The largest absolute Gasteiger partial charge is 0.465 e. The van der Waals surface area contributed by atoms with Gasteiger partial charge in [0.15, 0.2) is 5.65 Å². The topological polar surface area (TPSA) is 132 Å². The molecule has 0 aromatic carbocycles. The lowest BCUT2D eigenvalue weighted by Gasteiger charge is -2.34. The molecule has 2 fully saturated rings. The molecule has 0 unspecified atom stereocenters. The minimum atomic E-state index is -0.991. The van der Waals surface area contributed by atoms with Crippen LogP contribution in [0.4, 0.5) is 16.4 Å². The van der Waals surface area contributed by atoms with E-state index in [0.29, 0.717) is 37.8 Å². The Balaban J connectivity index is 1.22. The summed E-state index contributed by atoms with van der Waals surface area (Å²) < 4.78 is 3.93. The standard InChI is InChI=1S/C27H34N8O3/c1-16(2)21-13-30-35-24(29-12-19-14-33-8-3-4-20(17-5-6-17)25(33)31-19)10-23(32-26(21)35)28-11-18-7-9-34(27(37)38)15-22(18)36/h3-4,8,10,13-14,16-18,22,29,36H,5-7,9,11-12,15H2,1-2H3,(H,28,32)(H,37,38)/t18-,22+/m1/s1. The molecule has 2 aliphatic rings. The molecular formula is C27H34N8O3. The van der Waals surface area contributed by atoms with Crippen LogP contribution >= 0.6 is 0 Å². The quantitative estimate of drug-likeness (QED) is 0.277. The second kappa shape index (κ2) is 9.79. The summed E-state index contributed by atoms with van der Waals surface area (Å²) >= 11 is 0. The van der Waals surface area contributed by atoms with Crippen LogP contribution in [0.25, 0.3) is 11.3 Å². The van der Waals surface area contributed by atoms with E-state index in [2.05, 4.69) is 52.3 Å². The highest BCUT2D eigenvalue weighted by atomic mass is 16.4. The van der Waals surface area contributed by atoms with Gasteiger partial charge in [0, 0.05) is 43.0 Å². The first-order valence-electron chi connectivity index (χ1n) is 13.4. The van der Waals surface area contributed by atoms with Crippen molar-refractivity contribution in [1.82, 2.24) is 28.9 Å². The summed E-state index contributed by atoms with van der Waals surface area (Å²) in [6.45, 7) is 5.81. The van der Waals surface area contributed by atoms with Crippen LogP contribution in [0.5, 0.6) is 0 Å². The third kappa shape index (κ3) is 4.73. The van der Waals surface area contributed by atoms with Crippen LogP contribution < -0.4 is 10.6 Å². The van der Waals surface area contributed by atoms with Gasteiger partial charge in [0.2, 0.25) is 0 Å². The van der Waals surface area contributed by atoms with Gasteiger partial charge in [-0.2, -0.15) is 9.61 Å². The van der Waals surface area contributed by atoms with E-state index in [4.69, 9.17) is 9.97 Å². The van der Waals surface area contributed by atoms with Gasteiger partial charge in [-0.25, -0.2) is 14.8 Å². The Labute approximate surface area is 220 Å². The van der Waals surface area contributed by atoms with Gasteiger partial charge >= 0.3 is 6.09 Å². The molecule has 1 aliphatic carbocycles. The minimum Gasteiger partial charge on any atom is -0.465 e. The third-order valence-electron chi connectivity index (χ3n) is 7.69. The number of pyridine rings is 1. The van der Waals surface area contributed by atoms with Crippen LogP contribution in [-0.4, -0.2) is 70.9 Å². The van der Waals surface area contributed by atoms with Gasteiger partial charge < -0.3 is 30.1 Å². The number of aromatic nitrogens is 5. The van der Waals surface area contributed by atoms with Crippen molar-refractivity contribution in [2.45, 2.75) is 57.6 Å². The lowest BCUT2D eigenvalue weighted by atomic mass is 9.94. The Morgan fingerprint density at radius 3 is 2.76 bits per heavy atom. The lowest BCUT2D eigenvalue weighted by Crippen LogP contribution is -2.47. The van der Waals surface area contributed by atoms with E-state index in [1.54, 1.807) is 0 Å². The molecule has 2 atom stereocenters. The number of anilines is 2. The van der Waals surface area contributed by atoms with Crippen molar-refractivity contribution in [3.63, 3.8) is 0 Å². The fourth-order valence-electron chi connectivity index (χ4n) is 5.30. The molecule has 38 heavy (non-hydrogen) atoms. The number of nitrogens with one attached hydrogen (secondary N) is 2. The summed E-state index contributed by atoms with van der Waals surface area (Å²) in [7, 11) is 0. The van der Waals surface area contributed by atoms with E-state index in [-0.39, 0.29) is 18.4 Å². The maximum absolute atomic E-state index is 11.2. The number of carboxylic acid groups (broad SMARTS) is 1. The van der Waals surface area contributed by atoms with Crippen molar-refractivity contribution in [2.75, 3.05) is 30.3 Å². The zero-order valence-corrected chi connectivity index (χ0v) is 21.7. The van der Waals surface area contributed by atoms with Crippen LogP contribution in [0.2, 0.25) is 0 Å². The van der Waals surface area contributed by atoms with E-state index < -0.39 is 12.2 Å². The van der Waals surface area contributed by atoms with Gasteiger partial charge in [-0.3, -0.25) is 0 Å². The Bertz CT molecular complexity index is 1470. The summed E-state index contributed by atoms with van der Waals surface area (Å²) in [6, 6.07) is 6.19. The van der Waals surface area contributed by atoms with Gasteiger partial charge in [-0.15, -0.1) is 0 Å². The Hall–Kier alpha value is -3.86. The number of fused-ring (bicyclic) bond motifs is 2. The Morgan fingerprint density at radius 1 is 1.18 bits per heavy atom. The van der Waals surface area contributed by atoms with Crippen LogP contribution in [0.15, 0.2) is 36.8 Å². The molecule has 4 N–H and O–H groups in total. The lowest BCUT2D eigenvalue weighted by molar-refractivity contribution is 0.0294. The number of aliphatic hydroxyl groups is 1. The maximum atomic E-state index is 11.2. The molecule has 5 heterocycles. The van der Waals surface area contributed by atoms with Crippen molar-refractivity contribution >= 4 is 29.0 Å². The number of carbonyl (C=O) groups is 1. The number of rotatable bonds is 8. The first kappa shape index (κ1) is 24.5. The summed E-state index contributed by atoms with van der Waals surface area (Å²) in [5.41, 5.74) is 5.12. The highest BCUT2D eigenvalue weighted by Crippen LogP contribution is 2.41.